The van der Waals surface area contributed by atoms with Crippen LogP contribution in [0, 0.1) is 10.1 Å². The van der Waals surface area contributed by atoms with E-state index in [-0.39, 0.29) is 21.4 Å². The molecule has 138 valence electrons. The summed E-state index contributed by atoms with van der Waals surface area (Å²) in [6.07, 6.45) is 0.551. The van der Waals surface area contributed by atoms with Gasteiger partial charge in [0.05, 0.1) is 22.6 Å². The third-order valence-corrected chi connectivity index (χ3v) is 4.78. The molecule has 1 N–H and O–H groups in total. The van der Waals surface area contributed by atoms with Crippen LogP contribution in [0.3, 0.4) is 0 Å². The Bertz CT molecular complexity index is 991. The maximum absolute atomic E-state index is 12.4. The highest BCUT2D eigenvalue weighted by Gasteiger charge is 2.17. The zero-order valence-corrected chi connectivity index (χ0v) is 15.6. The van der Waals surface area contributed by atoms with Crippen molar-refractivity contribution >= 4 is 39.7 Å². The summed E-state index contributed by atoms with van der Waals surface area (Å²) in [5, 5.41) is 22.5. The van der Waals surface area contributed by atoms with Crippen LogP contribution >= 0.6 is 22.9 Å². The number of carbonyl (C=O) groups is 1. The van der Waals surface area contributed by atoms with E-state index in [0.29, 0.717) is 11.4 Å². The number of methoxy groups -OCH3 is 1. The first-order valence-electron chi connectivity index (χ1n) is 7.67. The number of nitrogens with zero attached hydrogens (tertiary/aromatic N) is 3. The Morgan fingerprint density at radius 2 is 2.00 bits per heavy atom. The SMILES string of the molecule is COc1ccc(Cc2nnc(NC(=O)c3cc([N+](=O)[O-])ccc3Cl)s2)cc1. The van der Waals surface area contributed by atoms with Crippen molar-refractivity contribution in [2.75, 3.05) is 12.4 Å². The summed E-state index contributed by atoms with van der Waals surface area (Å²) in [6.45, 7) is 0. The van der Waals surface area contributed by atoms with Crippen molar-refractivity contribution in [2.24, 2.45) is 0 Å². The number of benzene rings is 2. The maximum Gasteiger partial charge on any atom is 0.270 e. The molecule has 10 heteroatoms. The molecule has 3 aromatic rings. The van der Waals surface area contributed by atoms with Gasteiger partial charge in [0, 0.05) is 18.6 Å². The molecule has 0 atom stereocenters. The van der Waals surface area contributed by atoms with Gasteiger partial charge in [-0.05, 0) is 23.8 Å². The molecule has 0 aliphatic carbocycles. The van der Waals surface area contributed by atoms with Crippen molar-refractivity contribution in [3.63, 3.8) is 0 Å². The predicted octanol–water partition coefficient (Wildman–Crippen LogP) is 3.95. The summed E-state index contributed by atoms with van der Waals surface area (Å²) in [7, 11) is 1.60. The van der Waals surface area contributed by atoms with E-state index in [9.17, 15) is 14.9 Å². The summed E-state index contributed by atoms with van der Waals surface area (Å²) >= 11 is 7.19. The van der Waals surface area contributed by atoms with Gasteiger partial charge in [0.2, 0.25) is 5.13 Å². The summed E-state index contributed by atoms with van der Waals surface area (Å²) in [4.78, 5) is 22.6. The second-order valence-electron chi connectivity index (χ2n) is 5.40. The van der Waals surface area contributed by atoms with Crippen molar-refractivity contribution in [3.05, 3.63) is 73.7 Å². The molecule has 1 amide bonds. The van der Waals surface area contributed by atoms with Crippen LogP contribution in [-0.2, 0) is 6.42 Å². The zero-order chi connectivity index (χ0) is 19.4. The van der Waals surface area contributed by atoms with Gasteiger partial charge in [0.15, 0.2) is 0 Å². The Kier molecular flexibility index (Phi) is 5.63. The van der Waals surface area contributed by atoms with E-state index in [0.717, 1.165) is 17.4 Å². The fraction of sp³-hybridized carbons (Fsp3) is 0.118. The molecule has 1 aromatic heterocycles. The molecule has 0 aliphatic rings. The molecule has 0 fully saturated rings. The first-order chi connectivity index (χ1) is 13.0. The average Bonchev–Trinajstić information content (AvgIpc) is 3.09. The molecule has 0 bridgehead atoms. The molecule has 1 heterocycles. The van der Waals surface area contributed by atoms with Crippen LogP contribution in [0.5, 0.6) is 5.75 Å². The molecule has 0 aliphatic heterocycles. The number of ether oxygens (including phenoxy) is 1. The topological polar surface area (TPSA) is 107 Å². The second-order valence-corrected chi connectivity index (χ2v) is 6.87. The molecule has 0 unspecified atom stereocenters. The second kappa shape index (κ2) is 8.11. The van der Waals surface area contributed by atoms with Gasteiger partial charge in [-0.15, -0.1) is 10.2 Å². The number of non-ortho nitro benzene ring substituents is 1. The number of anilines is 1. The Hall–Kier alpha value is -3.04. The van der Waals surface area contributed by atoms with E-state index in [1.54, 1.807) is 7.11 Å². The Labute approximate surface area is 162 Å². The highest BCUT2D eigenvalue weighted by molar-refractivity contribution is 7.15. The van der Waals surface area contributed by atoms with Gasteiger partial charge in [-0.1, -0.05) is 35.1 Å². The Morgan fingerprint density at radius 1 is 1.26 bits per heavy atom. The van der Waals surface area contributed by atoms with Crippen LogP contribution in [-0.4, -0.2) is 28.1 Å². The Morgan fingerprint density at radius 3 is 2.67 bits per heavy atom. The van der Waals surface area contributed by atoms with Crippen molar-refractivity contribution in [2.45, 2.75) is 6.42 Å². The largest absolute Gasteiger partial charge is 0.497 e. The van der Waals surface area contributed by atoms with Crippen molar-refractivity contribution < 1.29 is 14.5 Å². The number of halogens is 1. The number of hydrogen-bond donors (Lipinski definition) is 1. The van der Waals surface area contributed by atoms with E-state index >= 15 is 0 Å². The summed E-state index contributed by atoms with van der Waals surface area (Å²) in [5.41, 5.74) is 0.798. The minimum atomic E-state index is -0.592. The lowest BCUT2D eigenvalue weighted by Gasteiger charge is -2.03. The number of aromatic nitrogens is 2. The third-order valence-electron chi connectivity index (χ3n) is 3.61. The smallest absolute Gasteiger partial charge is 0.270 e. The van der Waals surface area contributed by atoms with Crippen molar-refractivity contribution in [3.8, 4) is 5.75 Å². The Balaban J connectivity index is 1.70. The predicted molar refractivity (Wildman–Crippen MR) is 102 cm³/mol. The molecule has 2 aromatic carbocycles. The normalized spacial score (nSPS) is 10.4. The lowest BCUT2D eigenvalue weighted by atomic mass is 10.1. The number of amides is 1. The fourth-order valence-electron chi connectivity index (χ4n) is 2.26. The lowest BCUT2D eigenvalue weighted by molar-refractivity contribution is -0.384. The summed E-state index contributed by atoms with van der Waals surface area (Å²) < 4.78 is 5.12. The highest BCUT2D eigenvalue weighted by Crippen LogP contribution is 2.25. The lowest BCUT2D eigenvalue weighted by Crippen LogP contribution is -2.12. The number of nitrogens with one attached hydrogen (secondary N) is 1. The third kappa shape index (κ3) is 4.57. The first kappa shape index (κ1) is 18.7. The van der Waals surface area contributed by atoms with E-state index in [1.807, 2.05) is 24.3 Å². The van der Waals surface area contributed by atoms with Crippen LogP contribution in [0.4, 0.5) is 10.8 Å². The summed E-state index contributed by atoms with van der Waals surface area (Å²) in [5.74, 6) is 0.175. The van der Waals surface area contributed by atoms with Gasteiger partial charge in [-0.3, -0.25) is 20.2 Å². The van der Waals surface area contributed by atoms with Crippen LogP contribution in [0.2, 0.25) is 5.02 Å². The van der Waals surface area contributed by atoms with Gasteiger partial charge < -0.3 is 4.74 Å². The van der Waals surface area contributed by atoms with Gasteiger partial charge in [0.25, 0.3) is 11.6 Å². The summed E-state index contributed by atoms with van der Waals surface area (Å²) in [6, 6.07) is 11.2. The molecule has 8 nitrogen and oxygen atoms in total. The zero-order valence-electron chi connectivity index (χ0n) is 14.0. The van der Waals surface area contributed by atoms with Crippen molar-refractivity contribution in [1.29, 1.82) is 0 Å². The molecule has 0 saturated heterocycles. The molecular formula is C17H13ClN4O4S. The molecule has 0 saturated carbocycles. The van der Waals surface area contributed by atoms with E-state index < -0.39 is 10.8 Å². The number of rotatable bonds is 6. The molecule has 3 rings (SSSR count). The van der Waals surface area contributed by atoms with E-state index in [1.165, 1.54) is 23.5 Å². The molecule has 27 heavy (non-hydrogen) atoms. The van der Waals surface area contributed by atoms with Gasteiger partial charge >= 0.3 is 0 Å². The number of nitro groups is 1. The minimum Gasteiger partial charge on any atom is -0.497 e. The fourth-order valence-corrected chi connectivity index (χ4v) is 3.23. The van der Waals surface area contributed by atoms with Crippen LogP contribution < -0.4 is 10.1 Å². The average molecular weight is 405 g/mol. The molecule has 0 radical (unpaired) electrons. The van der Waals surface area contributed by atoms with Crippen LogP contribution in [0.25, 0.3) is 0 Å². The van der Waals surface area contributed by atoms with Crippen LogP contribution in [0.1, 0.15) is 20.9 Å². The first-order valence-corrected chi connectivity index (χ1v) is 8.86. The monoisotopic (exact) mass is 404 g/mol. The van der Waals surface area contributed by atoms with Gasteiger partial charge in [-0.25, -0.2) is 0 Å². The quantitative estimate of drug-likeness (QED) is 0.492. The number of hydrogen-bond acceptors (Lipinski definition) is 7. The number of carbonyl (C=O) groups excluding carboxylic acids is 1. The standard InChI is InChI=1S/C17H13ClN4O4S/c1-26-12-5-2-10(3-6-12)8-15-20-21-17(27-15)19-16(23)13-9-11(22(24)25)4-7-14(13)18/h2-7,9H,8H2,1H3,(H,19,21,23). The van der Waals surface area contributed by atoms with Crippen molar-refractivity contribution in [1.82, 2.24) is 10.2 Å². The minimum absolute atomic E-state index is 0.00206. The van der Waals surface area contributed by atoms with E-state index in [2.05, 4.69) is 15.5 Å². The molecular weight excluding hydrogens is 392 g/mol. The van der Waals surface area contributed by atoms with Gasteiger partial charge in [-0.2, -0.15) is 0 Å². The number of nitro benzene ring substituents is 1. The van der Waals surface area contributed by atoms with E-state index in [4.69, 9.17) is 16.3 Å². The van der Waals surface area contributed by atoms with Crippen LogP contribution in [0.15, 0.2) is 42.5 Å². The highest BCUT2D eigenvalue weighted by atomic mass is 35.5. The maximum atomic E-state index is 12.4. The molecule has 0 spiro atoms. The van der Waals surface area contributed by atoms with Gasteiger partial charge in [0.1, 0.15) is 10.8 Å².